The van der Waals surface area contributed by atoms with Crippen molar-refractivity contribution in [3.05, 3.63) is 79.0 Å². The molecule has 0 saturated heterocycles. The van der Waals surface area contributed by atoms with Crippen molar-refractivity contribution >= 4 is 21.5 Å². The first-order valence-electron chi connectivity index (χ1n) is 6.03. The molecule has 88 valence electrons. The fourth-order valence-corrected chi connectivity index (χ4v) is 1.95. The maximum absolute atomic E-state index is 3.30. The molecule has 0 unspecified atom stereocenters. The molecule has 0 N–H and O–H groups in total. The van der Waals surface area contributed by atoms with Crippen molar-refractivity contribution in [1.82, 2.24) is 0 Å². The summed E-state index contributed by atoms with van der Waals surface area (Å²) in [6.07, 6.45) is 1.76. The van der Waals surface area contributed by atoms with Crippen LogP contribution in [0.4, 0.5) is 0 Å². The minimum absolute atomic E-state index is 1.31. The van der Waals surface area contributed by atoms with Gasteiger partial charge in [0.25, 0.3) is 0 Å². The Kier molecular flexibility index (Phi) is 3.96. The molecule has 0 heterocycles. The highest BCUT2D eigenvalue weighted by molar-refractivity contribution is 6.07. The highest BCUT2D eigenvalue weighted by Gasteiger charge is 1.97. The van der Waals surface area contributed by atoms with Gasteiger partial charge in [0.05, 0.1) is 0 Å². The molecule has 0 radical (unpaired) electrons. The third-order valence-corrected chi connectivity index (χ3v) is 2.86. The van der Waals surface area contributed by atoms with Crippen molar-refractivity contribution in [2.75, 3.05) is 0 Å². The van der Waals surface area contributed by atoms with Crippen molar-refractivity contribution in [2.24, 2.45) is 0 Å². The number of fused-ring (bicyclic) bond motifs is 3. The van der Waals surface area contributed by atoms with Crippen molar-refractivity contribution in [1.29, 1.82) is 0 Å². The zero-order valence-corrected chi connectivity index (χ0v) is 10.6. The Morgan fingerprint density at radius 3 is 1.56 bits per heavy atom. The molecule has 18 heavy (non-hydrogen) atoms. The van der Waals surface area contributed by atoms with E-state index in [9.17, 15) is 0 Å². The summed E-state index contributed by atoms with van der Waals surface area (Å²) in [4.78, 5) is 0. The second-order valence-electron chi connectivity index (χ2n) is 4.00. The average molecular weight is 232 g/mol. The Morgan fingerprint density at radius 1 is 0.778 bits per heavy atom. The molecule has 0 aliphatic carbocycles. The fourth-order valence-electron chi connectivity index (χ4n) is 1.95. The molecule has 0 aliphatic rings. The van der Waals surface area contributed by atoms with Crippen LogP contribution < -0.4 is 0 Å². The largest absolute Gasteiger partial charge is 0.133 e. The zero-order valence-electron chi connectivity index (χ0n) is 10.6. The number of rotatable bonds is 0. The average Bonchev–Trinajstić information content (AvgIpc) is 2.47. The molecule has 0 atom stereocenters. The summed E-state index contributed by atoms with van der Waals surface area (Å²) in [5.74, 6) is 0. The molecule has 0 bridgehead atoms. The van der Waals surface area contributed by atoms with E-state index < -0.39 is 0 Å². The predicted octanol–water partition coefficient (Wildman–Crippen LogP) is 5.34. The van der Waals surface area contributed by atoms with Gasteiger partial charge in [-0.25, -0.2) is 0 Å². The molecule has 0 spiro atoms. The zero-order chi connectivity index (χ0) is 12.8. The van der Waals surface area contributed by atoms with E-state index in [1.807, 2.05) is 6.92 Å². The Bertz CT molecular complexity index is 646. The first kappa shape index (κ1) is 12.2. The van der Waals surface area contributed by atoms with Crippen LogP contribution in [-0.2, 0) is 0 Å². The smallest absolute Gasteiger partial charge is 0.0105 e. The van der Waals surface area contributed by atoms with E-state index in [1.165, 1.54) is 21.5 Å². The molecule has 0 heteroatoms. The van der Waals surface area contributed by atoms with E-state index in [0.717, 1.165) is 0 Å². The van der Waals surface area contributed by atoms with Gasteiger partial charge in [-0.1, -0.05) is 67.2 Å². The lowest BCUT2D eigenvalue weighted by Crippen LogP contribution is -1.75. The topological polar surface area (TPSA) is 0 Å². The molecule has 0 aliphatic heterocycles. The monoisotopic (exact) mass is 232 g/mol. The second kappa shape index (κ2) is 5.86. The van der Waals surface area contributed by atoms with Crippen LogP contribution in [-0.4, -0.2) is 0 Å². The van der Waals surface area contributed by atoms with Crippen molar-refractivity contribution in [3.8, 4) is 0 Å². The third-order valence-electron chi connectivity index (χ3n) is 2.86. The standard InChI is InChI=1S/C14H10.C4H6/c1-3-7-13-11(5-1)9-10-12-6-2-4-8-14(12)13;1-3-4-2/h1-10H;4H,1H2,2H3. The van der Waals surface area contributed by atoms with Gasteiger partial charge in [-0.05, 0) is 34.5 Å². The first-order valence-corrected chi connectivity index (χ1v) is 6.03. The second-order valence-corrected chi connectivity index (χ2v) is 4.00. The molecule has 3 aromatic rings. The maximum atomic E-state index is 3.30. The number of hydrogen-bond acceptors (Lipinski definition) is 0. The van der Waals surface area contributed by atoms with E-state index in [1.54, 1.807) is 6.08 Å². The highest BCUT2D eigenvalue weighted by Crippen LogP contribution is 2.24. The molecule has 0 nitrogen and oxygen atoms in total. The van der Waals surface area contributed by atoms with Crippen LogP contribution in [0.25, 0.3) is 21.5 Å². The Balaban J connectivity index is 0.000000267. The lowest BCUT2D eigenvalue weighted by molar-refractivity contribution is 1.76. The van der Waals surface area contributed by atoms with Gasteiger partial charge in [-0.3, -0.25) is 0 Å². The van der Waals surface area contributed by atoms with Gasteiger partial charge in [-0.2, -0.15) is 0 Å². The summed E-state index contributed by atoms with van der Waals surface area (Å²) in [7, 11) is 0. The molecule has 3 rings (SSSR count). The van der Waals surface area contributed by atoms with Crippen molar-refractivity contribution in [3.63, 3.8) is 0 Å². The lowest BCUT2D eigenvalue weighted by Gasteiger charge is -2.02. The van der Waals surface area contributed by atoms with Crippen LogP contribution in [0.2, 0.25) is 0 Å². The van der Waals surface area contributed by atoms with Gasteiger partial charge in [0.2, 0.25) is 0 Å². The van der Waals surface area contributed by atoms with Crippen LogP contribution >= 0.6 is 0 Å². The lowest BCUT2D eigenvalue weighted by atomic mass is 10.0. The molecule has 0 saturated carbocycles. The first-order chi connectivity index (χ1) is 8.86. The molecular formula is C18H16. The molecule has 0 amide bonds. The summed E-state index contributed by atoms with van der Waals surface area (Å²) < 4.78 is 0. The van der Waals surface area contributed by atoms with E-state index >= 15 is 0 Å². The van der Waals surface area contributed by atoms with Crippen LogP contribution in [0.3, 0.4) is 0 Å². The maximum Gasteiger partial charge on any atom is -0.0105 e. The SMILES string of the molecule is C=C=CC.c1ccc2c(c1)ccc1ccccc12. The minimum Gasteiger partial charge on any atom is -0.133 e. The van der Waals surface area contributed by atoms with E-state index in [-0.39, 0.29) is 0 Å². The van der Waals surface area contributed by atoms with E-state index in [2.05, 4.69) is 73.0 Å². The van der Waals surface area contributed by atoms with Crippen LogP contribution in [0.15, 0.2) is 79.0 Å². The molecular weight excluding hydrogens is 216 g/mol. The minimum atomic E-state index is 1.31. The normalized spacial score (nSPS) is 9.39. The Morgan fingerprint density at radius 2 is 1.17 bits per heavy atom. The van der Waals surface area contributed by atoms with E-state index in [4.69, 9.17) is 0 Å². The quantitative estimate of drug-likeness (QED) is 0.362. The van der Waals surface area contributed by atoms with Gasteiger partial charge in [0, 0.05) is 0 Å². The van der Waals surface area contributed by atoms with Gasteiger partial charge < -0.3 is 0 Å². The fraction of sp³-hybridized carbons (Fsp3) is 0.0556. The van der Waals surface area contributed by atoms with Crippen molar-refractivity contribution < 1.29 is 0 Å². The van der Waals surface area contributed by atoms with Gasteiger partial charge in [-0.15, -0.1) is 5.73 Å². The molecule has 0 aromatic heterocycles. The van der Waals surface area contributed by atoms with Crippen LogP contribution in [0.5, 0.6) is 0 Å². The summed E-state index contributed by atoms with van der Waals surface area (Å²) in [6.45, 7) is 5.18. The highest BCUT2D eigenvalue weighted by atomic mass is 14.0. The van der Waals surface area contributed by atoms with Crippen LogP contribution in [0, 0.1) is 0 Å². The van der Waals surface area contributed by atoms with Gasteiger partial charge in [0.15, 0.2) is 0 Å². The molecule has 3 aromatic carbocycles. The number of benzene rings is 3. The summed E-state index contributed by atoms with van der Waals surface area (Å²) in [5.41, 5.74) is 2.56. The number of hydrogen-bond donors (Lipinski definition) is 0. The molecule has 0 fully saturated rings. The number of allylic oxidation sites excluding steroid dienone is 1. The van der Waals surface area contributed by atoms with Gasteiger partial charge >= 0.3 is 0 Å². The third kappa shape index (κ3) is 2.51. The predicted molar refractivity (Wildman–Crippen MR) is 80.8 cm³/mol. The van der Waals surface area contributed by atoms with Gasteiger partial charge in [0.1, 0.15) is 0 Å². The van der Waals surface area contributed by atoms with E-state index in [0.29, 0.717) is 0 Å². The summed E-state index contributed by atoms with van der Waals surface area (Å²) >= 11 is 0. The summed E-state index contributed by atoms with van der Waals surface area (Å²) in [5, 5.41) is 5.30. The van der Waals surface area contributed by atoms with Crippen molar-refractivity contribution in [2.45, 2.75) is 6.92 Å². The Labute approximate surface area is 108 Å². The Hall–Kier alpha value is -2.30. The summed E-state index contributed by atoms with van der Waals surface area (Å²) in [6, 6.07) is 21.4. The van der Waals surface area contributed by atoms with Crippen LogP contribution in [0.1, 0.15) is 6.92 Å².